The Labute approximate surface area is 117 Å². The van der Waals surface area contributed by atoms with Crippen LogP contribution in [0.2, 0.25) is 0 Å². The van der Waals surface area contributed by atoms with Gasteiger partial charge in [0.2, 0.25) is 0 Å². The molecule has 1 aliphatic heterocycles. The van der Waals surface area contributed by atoms with E-state index in [0.29, 0.717) is 16.5 Å². The number of thioether (sulfide) groups is 1. The van der Waals surface area contributed by atoms with Gasteiger partial charge in [-0.1, -0.05) is 13.0 Å². The molecule has 0 spiro atoms. The van der Waals surface area contributed by atoms with E-state index in [-0.39, 0.29) is 11.7 Å². The highest BCUT2D eigenvalue weighted by Crippen LogP contribution is 2.25. The SMILES string of the molecule is CCC1CN(C(=O)c2cccc(F)c2NC)CCS1. The van der Waals surface area contributed by atoms with Crippen LogP contribution in [0, 0.1) is 5.82 Å². The second kappa shape index (κ2) is 6.28. The maximum atomic E-state index is 13.7. The van der Waals surface area contributed by atoms with E-state index in [9.17, 15) is 9.18 Å². The smallest absolute Gasteiger partial charge is 0.256 e. The van der Waals surface area contributed by atoms with Crippen LogP contribution in [0.15, 0.2) is 18.2 Å². The third-order valence-corrected chi connectivity index (χ3v) is 4.75. The molecule has 0 radical (unpaired) electrons. The van der Waals surface area contributed by atoms with Crippen LogP contribution in [0.3, 0.4) is 0 Å². The van der Waals surface area contributed by atoms with Gasteiger partial charge < -0.3 is 10.2 Å². The minimum absolute atomic E-state index is 0.0809. The fourth-order valence-corrected chi connectivity index (χ4v) is 3.46. The minimum Gasteiger partial charge on any atom is -0.385 e. The number of hydrogen-bond acceptors (Lipinski definition) is 3. The number of nitrogens with one attached hydrogen (secondary N) is 1. The molecular formula is C14H19FN2OS. The van der Waals surface area contributed by atoms with E-state index in [1.54, 1.807) is 19.2 Å². The molecule has 1 fully saturated rings. The molecule has 1 aliphatic rings. The third kappa shape index (κ3) is 3.03. The van der Waals surface area contributed by atoms with Crippen molar-refractivity contribution in [3.8, 4) is 0 Å². The summed E-state index contributed by atoms with van der Waals surface area (Å²) in [6.07, 6.45) is 1.05. The number of rotatable bonds is 3. The summed E-state index contributed by atoms with van der Waals surface area (Å²) in [5.74, 6) is 0.489. The minimum atomic E-state index is -0.383. The molecule has 5 heteroatoms. The molecule has 3 nitrogen and oxygen atoms in total. The van der Waals surface area contributed by atoms with E-state index >= 15 is 0 Å². The summed E-state index contributed by atoms with van der Waals surface area (Å²) in [6, 6.07) is 4.63. The summed E-state index contributed by atoms with van der Waals surface area (Å²) in [7, 11) is 1.64. The van der Waals surface area contributed by atoms with Gasteiger partial charge in [-0.25, -0.2) is 4.39 Å². The number of hydrogen-bond donors (Lipinski definition) is 1. The van der Waals surface area contributed by atoms with E-state index in [0.717, 1.165) is 25.3 Å². The molecule has 0 saturated carbocycles. The number of halogens is 1. The van der Waals surface area contributed by atoms with Crippen molar-refractivity contribution in [2.45, 2.75) is 18.6 Å². The number of nitrogens with zero attached hydrogens (tertiary/aromatic N) is 1. The van der Waals surface area contributed by atoms with Gasteiger partial charge >= 0.3 is 0 Å². The molecule has 1 heterocycles. The van der Waals surface area contributed by atoms with Gasteiger partial charge in [-0.2, -0.15) is 11.8 Å². The van der Waals surface area contributed by atoms with Crippen molar-refractivity contribution in [1.29, 1.82) is 0 Å². The van der Waals surface area contributed by atoms with Crippen LogP contribution in [0.5, 0.6) is 0 Å². The fraction of sp³-hybridized carbons (Fsp3) is 0.500. The lowest BCUT2D eigenvalue weighted by Crippen LogP contribution is -2.42. The molecule has 0 aliphatic carbocycles. The second-order valence-corrected chi connectivity index (χ2v) is 5.97. The predicted molar refractivity (Wildman–Crippen MR) is 78.4 cm³/mol. The Hall–Kier alpha value is -1.23. The molecule has 1 amide bonds. The highest BCUT2D eigenvalue weighted by atomic mass is 32.2. The molecule has 19 heavy (non-hydrogen) atoms. The van der Waals surface area contributed by atoms with Gasteiger partial charge in [-0.05, 0) is 18.6 Å². The first-order valence-corrected chi connectivity index (χ1v) is 7.59. The van der Waals surface area contributed by atoms with Gasteiger partial charge in [-0.3, -0.25) is 4.79 Å². The highest BCUT2D eigenvalue weighted by molar-refractivity contribution is 8.00. The summed E-state index contributed by atoms with van der Waals surface area (Å²) in [4.78, 5) is 14.3. The van der Waals surface area contributed by atoms with Gasteiger partial charge in [0.1, 0.15) is 5.82 Å². The van der Waals surface area contributed by atoms with Crippen molar-refractivity contribution in [2.24, 2.45) is 0 Å². The zero-order valence-corrected chi connectivity index (χ0v) is 12.1. The van der Waals surface area contributed by atoms with Crippen molar-refractivity contribution in [1.82, 2.24) is 4.90 Å². The first kappa shape index (κ1) is 14.2. The van der Waals surface area contributed by atoms with Crippen LogP contribution in [-0.4, -0.2) is 41.9 Å². The van der Waals surface area contributed by atoms with Gasteiger partial charge in [0.25, 0.3) is 5.91 Å². The number of benzene rings is 1. The Balaban J connectivity index is 2.22. The molecule has 0 aromatic heterocycles. The van der Waals surface area contributed by atoms with Crippen molar-refractivity contribution in [3.05, 3.63) is 29.6 Å². The Morgan fingerprint density at radius 3 is 3.05 bits per heavy atom. The average molecular weight is 282 g/mol. The van der Waals surface area contributed by atoms with Crippen LogP contribution in [0.25, 0.3) is 0 Å². The molecule has 104 valence electrons. The second-order valence-electron chi connectivity index (χ2n) is 4.56. The lowest BCUT2D eigenvalue weighted by atomic mass is 10.1. The van der Waals surface area contributed by atoms with Gasteiger partial charge in [-0.15, -0.1) is 0 Å². The fourth-order valence-electron chi connectivity index (χ4n) is 2.28. The number of para-hydroxylation sites is 1. The summed E-state index contributed by atoms with van der Waals surface area (Å²) < 4.78 is 13.7. The predicted octanol–water partition coefficient (Wildman–Crippen LogP) is 2.84. The zero-order chi connectivity index (χ0) is 13.8. The molecule has 1 N–H and O–H groups in total. The first-order chi connectivity index (χ1) is 9.17. The van der Waals surface area contributed by atoms with E-state index in [2.05, 4.69) is 12.2 Å². The van der Waals surface area contributed by atoms with Crippen LogP contribution in [0.1, 0.15) is 23.7 Å². The Bertz CT molecular complexity index is 467. The third-order valence-electron chi connectivity index (χ3n) is 3.38. The summed E-state index contributed by atoms with van der Waals surface area (Å²) in [5.41, 5.74) is 0.711. The lowest BCUT2D eigenvalue weighted by molar-refractivity contribution is 0.0761. The van der Waals surface area contributed by atoms with Crippen molar-refractivity contribution in [3.63, 3.8) is 0 Å². The average Bonchev–Trinajstić information content (AvgIpc) is 2.46. The standard InChI is InChI=1S/C14H19FN2OS/c1-3-10-9-17(7-8-19-10)14(18)11-5-4-6-12(15)13(11)16-2/h4-6,10,16H,3,7-9H2,1-2H3. The van der Waals surface area contributed by atoms with Crippen molar-refractivity contribution < 1.29 is 9.18 Å². The molecule has 1 aromatic rings. The topological polar surface area (TPSA) is 32.3 Å². The molecule has 1 saturated heterocycles. The van der Waals surface area contributed by atoms with E-state index < -0.39 is 0 Å². The monoisotopic (exact) mass is 282 g/mol. The van der Waals surface area contributed by atoms with E-state index in [1.165, 1.54) is 6.07 Å². The molecule has 1 atom stereocenters. The van der Waals surface area contributed by atoms with Crippen LogP contribution >= 0.6 is 11.8 Å². The number of carbonyl (C=O) groups excluding carboxylic acids is 1. The normalized spacial score (nSPS) is 19.3. The van der Waals surface area contributed by atoms with Crippen LogP contribution < -0.4 is 5.32 Å². The lowest BCUT2D eigenvalue weighted by Gasteiger charge is -2.32. The van der Waals surface area contributed by atoms with Gasteiger partial charge in [0.05, 0.1) is 11.3 Å². The quantitative estimate of drug-likeness (QED) is 0.925. The van der Waals surface area contributed by atoms with E-state index in [4.69, 9.17) is 0 Å². The molecule has 2 rings (SSSR count). The van der Waals surface area contributed by atoms with Crippen molar-refractivity contribution >= 4 is 23.4 Å². The van der Waals surface area contributed by atoms with Crippen molar-refractivity contribution in [2.75, 3.05) is 31.2 Å². The van der Waals surface area contributed by atoms with E-state index in [1.807, 2.05) is 16.7 Å². The molecule has 1 aromatic carbocycles. The summed E-state index contributed by atoms with van der Waals surface area (Å²) >= 11 is 1.91. The summed E-state index contributed by atoms with van der Waals surface area (Å²) in [5, 5.41) is 3.27. The zero-order valence-electron chi connectivity index (χ0n) is 11.3. The largest absolute Gasteiger partial charge is 0.385 e. The maximum Gasteiger partial charge on any atom is 0.256 e. The summed E-state index contributed by atoms with van der Waals surface area (Å²) in [6.45, 7) is 3.62. The Morgan fingerprint density at radius 2 is 2.37 bits per heavy atom. The molecule has 1 unspecified atom stereocenters. The Kier molecular flexibility index (Phi) is 4.69. The Morgan fingerprint density at radius 1 is 1.58 bits per heavy atom. The van der Waals surface area contributed by atoms with Crippen LogP contribution in [0.4, 0.5) is 10.1 Å². The van der Waals surface area contributed by atoms with Gasteiger partial charge in [0.15, 0.2) is 0 Å². The number of anilines is 1. The number of amides is 1. The molecular weight excluding hydrogens is 263 g/mol. The van der Waals surface area contributed by atoms with Crippen LogP contribution in [-0.2, 0) is 0 Å². The number of carbonyl (C=O) groups is 1. The highest BCUT2D eigenvalue weighted by Gasteiger charge is 2.25. The van der Waals surface area contributed by atoms with Gasteiger partial charge in [0, 0.05) is 31.1 Å². The molecule has 0 bridgehead atoms. The maximum absolute atomic E-state index is 13.7. The first-order valence-electron chi connectivity index (χ1n) is 6.54.